The average molecular weight is 139 g/mol. The van der Waals surface area contributed by atoms with Gasteiger partial charge in [0.2, 0.25) is 5.91 Å². The first kappa shape index (κ1) is 7.32. The van der Waals surface area contributed by atoms with E-state index >= 15 is 0 Å². The summed E-state index contributed by atoms with van der Waals surface area (Å²) >= 11 is 0. The third-order valence-corrected chi connectivity index (χ3v) is 1.99. The number of nitrogens with one attached hydrogen (secondary N) is 1. The van der Waals surface area contributed by atoms with Gasteiger partial charge in [-0.05, 0) is 19.8 Å². The second kappa shape index (κ2) is 2.86. The number of hydrogen-bond donors (Lipinski definition) is 1. The predicted molar refractivity (Wildman–Crippen MR) is 40.5 cm³/mol. The van der Waals surface area contributed by atoms with Crippen molar-refractivity contribution in [1.82, 2.24) is 5.32 Å². The van der Waals surface area contributed by atoms with E-state index in [1.807, 2.05) is 13.0 Å². The maximum absolute atomic E-state index is 10.8. The highest BCUT2D eigenvalue weighted by atomic mass is 16.2. The topological polar surface area (TPSA) is 29.1 Å². The molecule has 10 heavy (non-hydrogen) atoms. The first-order valence-electron chi connectivity index (χ1n) is 3.67. The van der Waals surface area contributed by atoms with E-state index < -0.39 is 0 Å². The fourth-order valence-corrected chi connectivity index (χ4v) is 1.24. The molecule has 0 aromatic rings. The number of carbonyl (C=O) groups is 1. The Kier molecular flexibility index (Phi) is 2.10. The van der Waals surface area contributed by atoms with Crippen molar-refractivity contribution in [2.75, 3.05) is 0 Å². The van der Waals surface area contributed by atoms with E-state index in [0.29, 0.717) is 6.04 Å². The van der Waals surface area contributed by atoms with E-state index in [-0.39, 0.29) is 11.8 Å². The third-order valence-electron chi connectivity index (χ3n) is 1.99. The Bertz CT molecular complexity index is 153. The molecule has 0 bridgehead atoms. The van der Waals surface area contributed by atoms with Gasteiger partial charge in [-0.25, -0.2) is 0 Å². The summed E-state index contributed by atoms with van der Waals surface area (Å²) in [5, 5.41) is 2.79. The number of carbonyl (C=O) groups excluding carboxylic acids is 1. The summed E-state index contributed by atoms with van der Waals surface area (Å²) in [6, 6.07) is 0.382. The fraction of sp³-hybridized carbons (Fsp3) is 0.625. The quantitative estimate of drug-likeness (QED) is 0.460. The van der Waals surface area contributed by atoms with Crippen LogP contribution in [0.1, 0.15) is 19.8 Å². The molecule has 1 aliphatic rings. The van der Waals surface area contributed by atoms with Crippen molar-refractivity contribution in [2.24, 2.45) is 5.92 Å². The normalized spacial score (nSPS) is 30.7. The van der Waals surface area contributed by atoms with Crippen LogP contribution in [0.15, 0.2) is 12.7 Å². The summed E-state index contributed by atoms with van der Waals surface area (Å²) < 4.78 is 0. The zero-order valence-electron chi connectivity index (χ0n) is 6.26. The molecular weight excluding hydrogens is 126 g/mol. The first-order valence-corrected chi connectivity index (χ1v) is 3.67. The van der Waals surface area contributed by atoms with Crippen molar-refractivity contribution >= 4 is 5.91 Å². The predicted octanol–water partition coefficient (Wildman–Crippen LogP) is 1.09. The van der Waals surface area contributed by atoms with Gasteiger partial charge in [0.15, 0.2) is 0 Å². The van der Waals surface area contributed by atoms with Gasteiger partial charge in [-0.2, -0.15) is 0 Å². The highest BCUT2D eigenvalue weighted by Crippen LogP contribution is 2.19. The van der Waals surface area contributed by atoms with Gasteiger partial charge < -0.3 is 5.32 Å². The zero-order chi connectivity index (χ0) is 7.56. The third kappa shape index (κ3) is 1.20. The van der Waals surface area contributed by atoms with Crippen LogP contribution in [-0.2, 0) is 4.79 Å². The van der Waals surface area contributed by atoms with Crippen LogP contribution in [0.4, 0.5) is 0 Å². The Morgan fingerprint density at radius 3 is 2.90 bits per heavy atom. The van der Waals surface area contributed by atoms with Gasteiger partial charge in [-0.1, -0.05) is 6.08 Å². The van der Waals surface area contributed by atoms with Gasteiger partial charge >= 0.3 is 0 Å². The maximum Gasteiger partial charge on any atom is 0.225 e. The number of rotatable bonds is 3. The summed E-state index contributed by atoms with van der Waals surface area (Å²) in [5.74, 6) is 0.451. The van der Waals surface area contributed by atoms with E-state index in [2.05, 4.69) is 11.9 Å². The molecule has 2 nitrogen and oxygen atoms in total. The molecule has 1 rings (SSSR count). The van der Waals surface area contributed by atoms with Crippen LogP contribution in [0.2, 0.25) is 0 Å². The molecule has 2 unspecified atom stereocenters. The lowest BCUT2D eigenvalue weighted by Crippen LogP contribution is -2.56. The summed E-state index contributed by atoms with van der Waals surface area (Å²) in [5.41, 5.74) is 0. The van der Waals surface area contributed by atoms with Crippen molar-refractivity contribution in [3.8, 4) is 0 Å². The van der Waals surface area contributed by atoms with Crippen LogP contribution >= 0.6 is 0 Å². The molecule has 0 saturated carbocycles. The molecule has 1 heterocycles. The van der Waals surface area contributed by atoms with Gasteiger partial charge in [0.1, 0.15) is 0 Å². The van der Waals surface area contributed by atoms with Crippen molar-refractivity contribution in [3.63, 3.8) is 0 Å². The summed E-state index contributed by atoms with van der Waals surface area (Å²) in [6.45, 7) is 5.65. The largest absolute Gasteiger partial charge is 0.353 e. The van der Waals surface area contributed by atoms with Crippen molar-refractivity contribution in [2.45, 2.75) is 25.8 Å². The van der Waals surface area contributed by atoms with E-state index in [9.17, 15) is 4.79 Å². The molecule has 0 spiro atoms. The second-order valence-electron chi connectivity index (χ2n) is 2.77. The molecule has 2 heteroatoms. The van der Waals surface area contributed by atoms with E-state index in [0.717, 1.165) is 12.8 Å². The molecule has 56 valence electrons. The smallest absolute Gasteiger partial charge is 0.225 e. The van der Waals surface area contributed by atoms with E-state index in [4.69, 9.17) is 0 Å². The van der Waals surface area contributed by atoms with Crippen LogP contribution in [0.5, 0.6) is 0 Å². The molecule has 0 aliphatic carbocycles. The molecule has 1 aliphatic heterocycles. The van der Waals surface area contributed by atoms with Crippen LogP contribution in [0.3, 0.4) is 0 Å². The van der Waals surface area contributed by atoms with Crippen LogP contribution in [0, 0.1) is 5.92 Å². The lowest BCUT2D eigenvalue weighted by atomic mass is 9.88. The van der Waals surface area contributed by atoms with Gasteiger partial charge in [0, 0.05) is 6.04 Å². The molecule has 1 fully saturated rings. The lowest BCUT2D eigenvalue weighted by molar-refractivity contribution is -0.134. The van der Waals surface area contributed by atoms with Crippen molar-refractivity contribution < 1.29 is 4.79 Å². The van der Waals surface area contributed by atoms with Gasteiger partial charge in [0.05, 0.1) is 5.92 Å². The Hall–Kier alpha value is -0.790. The Morgan fingerprint density at radius 2 is 2.50 bits per heavy atom. The van der Waals surface area contributed by atoms with E-state index in [1.54, 1.807) is 0 Å². The number of hydrogen-bond acceptors (Lipinski definition) is 1. The zero-order valence-corrected chi connectivity index (χ0v) is 6.26. The SMILES string of the molecule is C=CCCC1C(=O)NC1C. The summed E-state index contributed by atoms with van der Waals surface area (Å²) in [4.78, 5) is 10.8. The monoisotopic (exact) mass is 139 g/mol. The van der Waals surface area contributed by atoms with E-state index in [1.165, 1.54) is 0 Å². The number of β-lactam (4-membered cyclic amide) rings is 1. The molecular formula is C8H13NO. The molecule has 1 saturated heterocycles. The minimum absolute atomic E-state index is 0.203. The molecule has 0 aromatic carbocycles. The molecule has 1 amide bonds. The van der Waals surface area contributed by atoms with Gasteiger partial charge in [0.25, 0.3) is 0 Å². The first-order chi connectivity index (χ1) is 4.75. The number of allylic oxidation sites excluding steroid dienone is 1. The second-order valence-corrected chi connectivity index (χ2v) is 2.77. The fourth-order valence-electron chi connectivity index (χ4n) is 1.24. The minimum atomic E-state index is 0.203. The molecule has 1 N–H and O–H groups in total. The number of amides is 1. The molecule has 0 radical (unpaired) electrons. The summed E-state index contributed by atoms with van der Waals surface area (Å²) in [6.07, 6.45) is 3.76. The van der Waals surface area contributed by atoms with Gasteiger partial charge in [-0.15, -0.1) is 6.58 Å². The van der Waals surface area contributed by atoms with Crippen LogP contribution in [0.25, 0.3) is 0 Å². The molecule has 0 aromatic heterocycles. The Labute approximate surface area is 61.3 Å². The standard InChI is InChI=1S/C8H13NO/c1-3-4-5-7-6(2)9-8(7)10/h3,6-7H,1,4-5H2,2H3,(H,9,10). The summed E-state index contributed by atoms with van der Waals surface area (Å²) in [7, 11) is 0. The maximum atomic E-state index is 10.8. The Morgan fingerprint density at radius 1 is 1.80 bits per heavy atom. The highest BCUT2D eigenvalue weighted by Gasteiger charge is 2.34. The lowest BCUT2D eigenvalue weighted by Gasteiger charge is -2.33. The van der Waals surface area contributed by atoms with Crippen LogP contribution in [-0.4, -0.2) is 11.9 Å². The highest BCUT2D eigenvalue weighted by molar-refractivity contribution is 5.85. The molecule has 2 atom stereocenters. The average Bonchev–Trinajstić information content (AvgIpc) is 1.89. The Balaban J connectivity index is 2.26. The van der Waals surface area contributed by atoms with Crippen LogP contribution < -0.4 is 5.32 Å². The van der Waals surface area contributed by atoms with Crippen molar-refractivity contribution in [1.29, 1.82) is 0 Å². The van der Waals surface area contributed by atoms with Gasteiger partial charge in [-0.3, -0.25) is 4.79 Å². The minimum Gasteiger partial charge on any atom is -0.353 e. The van der Waals surface area contributed by atoms with Crippen molar-refractivity contribution in [3.05, 3.63) is 12.7 Å².